The van der Waals surface area contributed by atoms with E-state index in [2.05, 4.69) is 0 Å². The summed E-state index contributed by atoms with van der Waals surface area (Å²) < 4.78 is 0. The maximum Gasteiger partial charge on any atom is 0.335 e. The first-order valence-corrected chi connectivity index (χ1v) is 3.31. The second-order valence-corrected chi connectivity index (χ2v) is 1.88. The number of aliphatic hydroxyl groups is 3. The van der Waals surface area contributed by atoms with Crippen LogP contribution in [0, 0.1) is 0 Å². The molecule has 0 unspecified atom stereocenters. The highest BCUT2D eigenvalue weighted by Gasteiger charge is 2.29. The summed E-state index contributed by atoms with van der Waals surface area (Å²) in [6.07, 6.45) is -4.53. The normalized spacial score (nSPS) is 13.5. The van der Waals surface area contributed by atoms with Crippen LogP contribution in [-0.4, -0.2) is 56.3 Å². The van der Waals surface area contributed by atoms with E-state index < -0.39 is 24.1 Å². The summed E-state index contributed by atoms with van der Waals surface area (Å²) in [6, 6.07) is 0. The third-order valence-electron chi connectivity index (χ3n) is 0.805. The molecule has 7 heteroatoms. The molecule has 0 saturated carbocycles. The molecule has 0 aromatic heterocycles. The van der Waals surface area contributed by atoms with Crippen molar-refractivity contribution in [3.8, 4) is 0 Å². The quantitative estimate of drug-likeness (QED) is 0.348. The summed E-state index contributed by atoms with van der Waals surface area (Å²) in [7, 11) is 0. The fourth-order valence-electron chi connectivity index (χ4n) is 0.270. The van der Waals surface area contributed by atoms with E-state index in [1.165, 1.54) is 0 Å². The fourth-order valence-corrected chi connectivity index (χ4v) is 0.270. The Hall–Kier alpha value is -1.18. The van der Waals surface area contributed by atoms with Gasteiger partial charge in [0.15, 0.2) is 12.2 Å². The third-order valence-corrected chi connectivity index (χ3v) is 0.805. The third kappa shape index (κ3) is 7.19. The van der Waals surface area contributed by atoms with Crippen LogP contribution in [0.25, 0.3) is 0 Å². The van der Waals surface area contributed by atoms with Crippen molar-refractivity contribution >= 4 is 11.9 Å². The maximum absolute atomic E-state index is 9.77. The molecule has 0 aliphatic rings. The van der Waals surface area contributed by atoms with Gasteiger partial charge in [0.05, 0.1) is 0 Å². The van der Waals surface area contributed by atoms with Crippen LogP contribution in [0.5, 0.6) is 0 Å². The van der Waals surface area contributed by atoms with Crippen LogP contribution in [0.4, 0.5) is 0 Å². The average molecular weight is 196 g/mol. The highest BCUT2D eigenvalue weighted by Crippen LogP contribution is 1.92. The molecule has 2 atom stereocenters. The Morgan fingerprint density at radius 2 is 1.23 bits per heavy atom. The first kappa shape index (κ1) is 14.3. The molecular weight excluding hydrogens is 184 g/mol. The average Bonchev–Trinajstić information content (AvgIpc) is 2.03. The van der Waals surface area contributed by atoms with Crippen molar-refractivity contribution in [2.24, 2.45) is 0 Å². The van der Waals surface area contributed by atoms with Crippen LogP contribution in [0.3, 0.4) is 0 Å². The second-order valence-electron chi connectivity index (χ2n) is 1.88. The van der Waals surface area contributed by atoms with Gasteiger partial charge in [-0.15, -0.1) is 0 Å². The lowest BCUT2D eigenvalue weighted by Crippen LogP contribution is -2.39. The Bertz CT molecular complexity index is 148. The summed E-state index contributed by atoms with van der Waals surface area (Å²) >= 11 is 0. The van der Waals surface area contributed by atoms with Gasteiger partial charge in [0, 0.05) is 6.61 Å². The summed E-state index contributed by atoms with van der Waals surface area (Å²) in [6.45, 7) is 1.93. The molecule has 0 heterocycles. The zero-order valence-corrected chi connectivity index (χ0v) is 6.91. The van der Waals surface area contributed by atoms with Crippen LogP contribution in [-0.2, 0) is 9.59 Å². The number of rotatable bonds is 3. The van der Waals surface area contributed by atoms with Gasteiger partial charge < -0.3 is 25.5 Å². The highest BCUT2D eigenvalue weighted by atomic mass is 16.4. The molecule has 0 aliphatic carbocycles. The molecular formula is C6H12O7. The molecule has 0 spiro atoms. The van der Waals surface area contributed by atoms with Crippen LogP contribution >= 0.6 is 0 Å². The van der Waals surface area contributed by atoms with E-state index in [1.807, 2.05) is 0 Å². The Morgan fingerprint density at radius 3 is 1.31 bits per heavy atom. The van der Waals surface area contributed by atoms with Gasteiger partial charge >= 0.3 is 11.9 Å². The van der Waals surface area contributed by atoms with E-state index in [0.29, 0.717) is 0 Å². The van der Waals surface area contributed by atoms with Gasteiger partial charge in [-0.3, -0.25) is 0 Å². The summed E-state index contributed by atoms with van der Waals surface area (Å²) in [5.74, 6) is -3.54. The predicted molar refractivity (Wildman–Crippen MR) is 40.0 cm³/mol. The van der Waals surface area contributed by atoms with Crippen molar-refractivity contribution < 1.29 is 35.1 Å². The van der Waals surface area contributed by atoms with E-state index in [-0.39, 0.29) is 6.61 Å². The van der Waals surface area contributed by atoms with Crippen molar-refractivity contribution in [1.29, 1.82) is 0 Å². The van der Waals surface area contributed by atoms with Crippen LogP contribution in [0.1, 0.15) is 6.92 Å². The second kappa shape index (κ2) is 7.47. The van der Waals surface area contributed by atoms with E-state index >= 15 is 0 Å². The van der Waals surface area contributed by atoms with Gasteiger partial charge in [0.1, 0.15) is 0 Å². The molecule has 0 saturated heterocycles. The highest BCUT2D eigenvalue weighted by molar-refractivity contribution is 5.82. The minimum Gasteiger partial charge on any atom is -0.479 e. The summed E-state index contributed by atoms with van der Waals surface area (Å²) in [5.41, 5.74) is 0. The molecule has 0 aromatic carbocycles. The standard InChI is InChI=1S/C4H6O6.C2H6O/c5-1(3(7)8)2(6)4(9)10;1-2-3/h1-2,5-6H,(H,7,8)(H,9,10);3H,2H2,1H3/t1-,2-;/m1./s1. The molecule has 78 valence electrons. The van der Waals surface area contributed by atoms with Crippen molar-refractivity contribution in [3.05, 3.63) is 0 Å². The number of hydrogen-bond donors (Lipinski definition) is 5. The topological polar surface area (TPSA) is 135 Å². The van der Waals surface area contributed by atoms with Gasteiger partial charge in [-0.25, -0.2) is 9.59 Å². The molecule has 13 heavy (non-hydrogen) atoms. The number of aliphatic carboxylic acids is 2. The van der Waals surface area contributed by atoms with Gasteiger partial charge in [-0.1, -0.05) is 0 Å². The molecule has 0 aliphatic heterocycles. The Morgan fingerprint density at radius 1 is 1.08 bits per heavy atom. The van der Waals surface area contributed by atoms with Crippen LogP contribution in [0.15, 0.2) is 0 Å². The summed E-state index contributed by atoms with van der Waals surface area (Å²) in [4.78, 5) is 19.5. The molecule has 5 N–H and O–H groups in total. The lowest BCUT2D eigenvalue weighted by Gasteiger charge is -2.07. The predicted octanol–water partition coefficient (Wildman–Crippen LogP) is -2.12. The lowest BCUT2D eigenvalue weighted by molar-refractivity contribution is -0.165. The van der Waals surface area contributed by atoms with Gasteiger partial charge in [-0.05, 0) is 6.92 Å². The zero-order valence-electron chi connectivity index (χ0n) is 6.91. The Labute approximate surface area is 73.9 Å². The van der Waals surface area contributed by atoms with E-state index in [9.17, 15) is 9.59 Å². The Kier molecular flexibility index (Phi) is 8.24. The van der Waals surface area contributed by atoms with E-state index in [1.54, 1.807) is 6.92 Å². The van der Waals surface area contributed by atoms with Crippen LogP contribution < -0.4 is 0 Å². The number of aliphatic hydroxyl groups excluding tert-OH is 3. The van der Waals surface area contributed by atoms with Crippen LogP contribution in [0.2, 0.25) is 0 Å². The Balaban J connectivity index is 0. The molecule has 0 amide bonds. The molecule has 0 bridgehead atoms. The van der Waals surface area contributed by atoms with Gasteiger partial charge in [0.25, 0.3) is 0 Å². The molecule has 0 rings (SSSR count). The molecule has 0 radical (unpaired) electrons. The van der Waals surface area contributed by atoms with Crippen molar-refractivity contribution in [2.75, 3.05) is 6.61 Å². The summed E-state index contributed by atoms with van der Waals surface area (Å²) in [5, 5.41) is 40.1. The van der Waals surface area contributed by atoms with Crippen molar-refractivity contribution in [3.63, 3.8) is 0 Å². The number of hydrogen-bond acceptors (Lipinski definition) is 5. The number of carbonyl (C=O) groups is 2. The first-order chi connectivity index (χ1) is 5.88. The largest absolute Gasteiger partial charge is 0.479 e. The van der Waals surface area contributed by atoms with E-state index in [0.717, 1.165) is 0 Å². The maximum atomic E-state index is 9.77. The van der Waals surface area contributed by atoms with Gasteiger partial charge in [0.2, 0.25) is 0 Å². The fraction of sp³-hybridized carbons (Fsp3) is 0.667. The molecule has 0 aromatic rings. The monoisotopic (exact) mass is 196 g/mol. The molecule has 0 fully saturated rings. The minimum absolute atomic E-state index is 0.250. The SMILES string of the molecule is CCO.O=C(O)[C@H](O)[C@@H](O)C(=O)O. The van der Waals surface area contributed by atoms with Gasteiger partial charge in [-0.2, -0.15) is 0 Å². The minimum atomic E-state index is -2.27. The van der Waals surface area contributed by atoms with Crippen molar-refractivity contribution in [2.45, 2.75) is 19.1 Å². The zero-order chi connectivity index (χ0) is 11.0. The lowest BCUT2D eigenvalue weighted by atomic mass is 10.2. The molecule has 7 nitrogen and oxygen atoms in total. The number of carboxylic acids is 2. The number of carboxylic acid groups (broad SMARTS) is 2. The van der Waals surface area contributed by atoms with E-state index in [4.69, 9.17) is 25.5 Å². The van der Waals surface area contributed by atoms with Crippen molar-refractivity contribution in [1.82, 2.24) is 0 Å². The smallest absolute Gasteiger partial charge is 0.335 e. The first-order valence-electron chi connectivity index (χ1n) is 3.31.